The number of ether oxygens (including phenoxy) is 1. The van der Waals surface area contributed by atoms with Crippen LogP contribution in [0, 0.1) is 6.92 Å². The third kappa shape index (κ3) is 3.50. The number of nitrogens with zero attached hydrogens (tertiary/aromatic N) is 5. The normalized spacial score (nSPS) is 18.6. The van der Waals surface area contributed by atoms with Crippen LogP contribution in [-0.2, 0) is 17.7 Å². The van der Waals surface area contributed by atoms with E-state index in [0.717, 1.165) is 55.5 Å². The highest BCUT2D eigenvalue weighted by atomic mass is 16.5. The number of piperidine rings is 1. The molecule has 4 rings (SSSR count). The molecule has 0 saturated carbocycles. The van der Waals surface area contributed by atoms with Gasteiger partial charge in [0, 0.05) is 32.8 Å². The maximum atomic E-state index is 5.52. The van der Waals surface area contributed by atoms with E-state index in [2.05, 4.69) is 49.7 Å². The quantitative estimate of drug-likeness (QED) is 0.677. The number of fused-ring (bicyclic) bond motifs is 1. The Balaban J connectivity index is 1.46. The molecule has 3 aromatic rings. The predicted molar refractivity (Wildman–Crippen MR) is 97.1 cm³/mol. The lowest BCUT2D eigenvalue weighted by molar-refractivity contribution is 0.177. The third-order valence-corrected chi connectivity index (χ3v) is 5.07. The molecular formula is C19H25N5O2. The van der Waals surface area contributed by atoms with Gasteiger partial charge in [0.05, 0.1) is 23.9 Å². The zero-order valence-electron chi connectivity index (χ0n) is 15.4. The summed E-state index contributed by atoms with van der Waals surface area (Å²) in [6.45, 7) is 5.61. The molecule has 7 nitrogen and oxygen atoms in total. The molecule has 1 atom stereocenters. The van der Waals surface area contributed by atoms with Crippen LogP contribution < -0.4 is 0 Å². The van der Waals surface area contributed by atoms with Crippen LogP contribution in [0.3, 0.4) is 0 Å². The molecule has 0 aliphatic carbocycles. The zero-order chi connectivity index (χ0) is 17.9. The Kier molecular flexibility index (Phi) is 4.99. The zero-order valence-corrected chi connectivity index (χ0v) is 15.4. The smallest absolute Gasteiger partial charge is 0.231 e. The first-order valence-corrected chi connectivity index (χ1v) is 9.21. The van der Waals surface area contributed by atoms with Crippen LogP contribution in [0.15, 0.2) is 28.9 Å². The molecule has 0 N–H and O–H groups in total. The number of aromatic nitrogens is 4. The van der Waals surface area contributed by atoms with Gasteiger partial charge in [-0.05, 0) is 38.4 Å². The lowest BCUT2D eigenvalue weighted by Gasteiger charge is -2.30. The molecule has 0 radical (unpaired) electrons. The topological polar surface area (TPSA) is 68.7 Å². The Hall–Kier alpha value is -2.25. The SMILES string of the molecule is COCCc1noc([C@@H]2CCCN(Cc3c(C)nc4ccccn34)C2)n1. The summed E-state index contributed by atoms with van der Waals surface area (Å²) in [4.78, 5) is 11.7. The lowest BCUT2D eigenvalue weighted by Crippen LogP contribution is -2.34. The number of hydrogen-bond acceptors (Lipinski definition) is 6. The number of methoxy groups -OCH3 is 1. The van der Waals surface area contributed by atoms with Crippen molar-refractivity contribution in [3.8, 4) is 0 Å². The van der Waals surface area contributed by atoms with Gasteiger partial charge in [0.1, 0.15) is 5.65 Å². The second kappa shape index (κ2) is 7.55. The predicted octanol–water partition coefficient (Wildman–Crippen LogP) is 2.59. The van der Waals surface area contributed by atoms with Gasteiger partial charge in [-0.15, -0.1) is 0 Å². The van der Waals surface area contributed by atoms with Gasteiger partial charge in [0.25, 0.3) is 0 Å². The van der Waals surface area contributed by atoms with Crippen LogP contribution in [-0.4, -0.2) is 51.2 Å². The van der Waals surface area contributed by atoms with E-state index in [1.54, 1.807) is 7.11 Å². The van der Waals surface area contributed by atoms with Gasteiger partial charge < -0.3 is 13.7 Å². The molecule has 1 aliphatic heterocycles. The van der Waals surface area contributed by atoms with E-state index in [4.69, 9.17) is 9.26 Å². The molecular weight excluding hydrogens is 330 g/mol. The van der Waals surface area contributed by atoms with Gasteiger partial charge in [-0.25, -0.2) is 4.98 Å². The molecule has 1 fully saturated rings. The molecule has 0 amide bonds. The molecule has 26 heavy (non-hydrogen) atoms. The molecule has 0 bridgehead atoms. The average molecular weight is 355 g/mol. The van der Waals surface area contributed by atoms with E-state index in [9.17, 15) is 0 Å². The van der Waals surface area contributed by atoms with Gasteiger partial charge in [-0.2, -0.15) is 4.98 Å². The number of hydrogen-bond donors (Lipinski definition) is 0. The van der Waals surface area contributed by atoms with Gasteiger partial charge in [0.15, 0.2) is 5.82 Å². The largest absolute Gasteiger partial charge is 0.384 e. The van der Waals surface area contributed by atoms with Gasteiger partial charge >= 0.3 is 0 Å². The summed E-state index contributed by atoms with van der Waals surface area (Å²) >= 11 is 0. The van der Waals surface area contributed by atoms with Crippen molar-refractivity contribution in [3.63, 3.8) is 0 Å². The Labute approximate surface area is 153 Å². The highest BCUT2D eigenvalue weighted by molar-refractivity contribution is 5.42. The van der Waals surface area contributed by atoms with Gasteiger partial charge in [-0.1, -0.05) is 11.2 Å². The Morgan fingerprint density at radius 3 is 3.12 bits per heavy atom. The summed E-state index contributed by atoms with van der Waals surface area (Å²) in [6.07, 6.45) is 5.01. The fraction of sp³-hybridized carbons (Fsp3) is 0.526. The van der Waals surface area contributed by atoms with E-state index < -0.39 is 0 Å². The molecule has 1 aliphatic rings. The number of likely N-dealkylation sites (tertiary alicyclic amines) is 1. The summed E-state index contributed by atoms with van der Waals surface area (Å²) in [5.41, 5.74) is 3.36. The number of aryl methyl sites for hydroxylation is 1. The standard InChI is InChI=1S/C19H25N5O2/c1-14-16(24-10-4-3-7-18(24)20-14)13-23-9-5-6-15(12-23)19-21-17(22-26-19)8-11-25-2/h3-4,7,10,15H,5-6,8-9,11-13H2,1-2H3/t15-/m1/s1. The second-order valence-electron chi connectivity index (χ2n) is 6.94. The summed E-state index contributed by atoms with van der Waals surface area (Å²) in [5.74, 6) is 1.79. The highest BCUT2D eigenvalue weighted by Gasteiger charge is 2.27. The summed E-state index contributed by atoms with van der Waals surface area (Å²) < 4.78 is 12.8. The van der Waals surface area contributed by atoms with Crippen molar-refractivity contribution >= 4 is 5.65 Å². The molecule has 138 valence electrons. The fourth-order valence-electron chi connectivity index (χ4n) is 3.70. The van der Waals surface area contributed by atoms with Crippen LogP contribution in [0.25, 0.3) is 5.65 Å². The van der Waals surface area contributed by atoms with Gasteiger partial charge in [0.2, 0.25) is 5.89 Å². The summed E-state index contributed by atoms with van der Waals surface area (Å²) in [5, 5.41) is 4.09. The molecule has 7 heteroatoms. The Morgan fingerprint density at radius 1 is 1.31 bits per heavy atom. The Bertz CT molecular complexity index is 872. The van der Waals surface area contributed by atoms with Gasteiger partial charge in [-0.3, -0.25) is 4.90 Å². The van der Waals surface area contributed by atoms with Crippen molar-refractivity contribution in [2.75, 3.05) is 26.8 Å². The van der Waals surface area contributed by atoms with E-state index in [0.29, 0.717) is 18.9 Å². The molecule has 0 spiro atoms. The molecule has 0 unspecified atom stereocenters. The summed E-state index contributed by atoms with van der Waals surface area (Å²) in [7, 11) is 1.68. The van der Waals surface area contributed by atoms with Crippen molar-refractivity contribution in [1.82, 2.24) is 24.4 Å². The monoisotopic (exact) mass is 355 g/mol. The van der Waals surface area contributed by atoms with Crippen molar-refractivity contribution in [2.45, 2.75) is 38.6 Å². The minimum atomic E-state index is 0.298. The lowest BCUT2D eigenvalue weighted by atomic mass is 9.98. The first-order valence-electron chi connectivity index (χ1n) is 9.21. The molecule has 0 aromatic carbocycles. The van der Waals surface area contributed by atoms with E-state index >= 15 is 0 Å². The second-order valence-corrected chi connectivity index (χ2v) is 6.94. The van der Waals surface area contributed by atoms with Crippen molar-refractivity contribution in [3.05, 3.63) is 47.5 Å². The van der Waals surface area contributed by atoms with Crippen LogP contribution in [0.5, 0.6) is 0 Å². The van der Waals surface area contributed by atoms with Crippen molar-refractivity contribution in [2.24, 2.45) is 0 Å². The fourth-order valence-corrected chi connectivity index (χ4v) is 3.70. The van der Waals surface area contributed by atoms with Crippen LogP contribution >= 0.6 is 0 Å². The van der Waals surface area contributed by atoms with Crippen LogP contribution in [0.4, 0.5) is 0 Å². The van der Waals surface area contributed by atoms with Crippen molar-refractivity contribution in [1.29, 1.82) is 0 Å². The third-order valence-electron chi connectivity index (χ3n) is 5.07. The molecule has 3 aromatic heterocycles. The number of rotatable bonds is 6. The molecule has 4 heterocycles. The maximum absolute atomic E-state index is 5.52. The minimum Gasteiger partial charge on any atom is -0.384 e. The first kappa shape index (κ1) is 17.2. The average Bonchev–Trinajstić information content (AvgIpc) is 3.25. The van der Waals surface area contributed by atoms with Crippen LogP contribution in [0.1, 0.15) is 41.9 Å². The maximum Gasteiger partial charge on any atom is 0.231 e. The minimum absolute atomic E-state index is 0.298. The number of imidazole rings is 1. The van der Waals surface area contributed by atoms with Crippen molar-refractivity contribution < 1.29 is 9.26 Å². The van der Waals surface area contributed by atoms with E-state index in [1.165, 1.54) is 5.69 Å². The molecule has 1 saturated heterocycles. The summed E-state index contributed by atoms with van der Waals surface area (Å²) in [6, 6.07) is 6.13. The van der Waals surface area contributed by atoms with E-state index in [-0.39, 0.29) is 0 Å². The van der Waals surface area contributed by atoms with Crippen LogP contribution in [0.2, 0.25) is 0 Å². The number of pyridine rings is 1. The first-order chi connectivity index (χ1) is 12.7. The Morgan fingerprint density at radius 2 is 2.23 bits per heavy atom. The highest BCUT2D eigenvalue weighted by Crippen LogP contribution is 2.27. The van der Waals surface area contributed by atoms with E-state index in [1.807, 2.05) is 6.07 Å².